The van der Waals surface area contributed by atoms with Gasteiger partial charge < -0.3 is 14.6 Å². The average Bonchev–Trinajstić information content (AvgIpc) is 2.67. The van der Waals surface area contributed by atoms with Gasteiger partial charge >= 0.3 is 0 Å². The summed E-state index contributed by atoms with van der Waals surface area (Å²) in [6.45, 7) is 10.3. The largest absolute Gasteiger partial charge is 0.496 e. The number of piperazine rings is 1. The maximum atomic E-state index is 13.6. The number of nitrogens with zero attached hydrogens (tertiary/aromatic N) is 3. The van der Waals surface area contributed by atoms with Crippen LogP contribution in [0.3, 0.4) is 0 Å². The molecule has 1 aliphatic heterocycles. The zero-order valence-electron chi connectivity index (χ0n) is 18.2. The standard InChI is InChI=1S/C22H29FN4O3/c1-14-18(19(28)25-21(24-14)22(2,3)4)20(29)27-10-8-26(9-11-27)13-15-12-16(23)6-7-17(15)30-5/h6-7,12H,8-11,13H2,1-5H3,(H,24,25,28). The van der Waals surface area contributed by atoms with Crippen molar-refractivity contribution >= 4 is 5.91 Å². The quantitative estimate of drug-likeness (QED) is 0.829. The molecule has 1 aliphatic rings. The van der Waals surface area contributed by atoms with Gasteiger partial charge in [0, 0.05) is 43.7 Å². The second-order valence-corrected chi connectivity index (χ2v) is 8.65. The molecule has 0 radical (unpaired) electrons. The van der Waals surface area contributed by atoms with Crippen LogP contribution in [-0.4, -0.2) is 59.0 Å². The number of amides is 1. The first-order valence-electron chi connectivity index (χ1n) is 10.1. The molecule has 0 unspecified atom stereocenters. The van der Waals surface area contributed by atoms with Crippen molar-refractivity contribution in [2.24, 2.45) is 0 Å². The van der Waals surface area contributed by atoms with Crippen molar-refractivity contribution in [3.63, 3.8) is 0 Å². The van der Waals surface area contributed by atoms with E-state index in [1.54, 1.807) is 25.0 Å². The number of methoxy groups -OCH3 is 1. The van der Waals surface area contributed by atoms with Crippen LogP contribution in [0.25, 0.3) is 0 Å². The summed E-state index contributed by atoms with van der Waals surface area (Å²) < 4.78 is 18.9. The number of carbonyl (C=O) groups excluding carboxylic acids is 1. The van der Waals surface area contributed by atoms with Gasteiger partial charge in [0.1, 0.15) is 23.0 Å². The highest BCUT2D eigenvalue weighted by atomic mass is 19.1. The molecule has 8 heteroatoms. The predicted molar refractivity (Wildman–Crippen MR) is 112 cm³/mol. The van der Waals surface area contributed by atoms with Crippen molar-refractivity contribution in [2.45, 2.75) is 39.7 Å². The molecule has 1 saturated heterocycles. The topological polar surface area (TPSA) is 78.5 Å². The molecule has 0 saturated carbocycles. The molecule has 3 rings (SSSR count). The lowest BCUT2D eigenvalue weighted by Crippen LogP contribution is -2.49. The molecule has 2 heterocycles. The van der Waals surface area contributed by atoms with E-state index >= 15 is 0 Å². The van der Waals surface area contributed by atoms with E-state index in [0.29, 0.717) is 50.0 Å². The van der Waals surface area contributed by atoms with Gasteiger partial charge in [0.05, 0.1) is 12.8 Å². The second kappa shape index (κ2) is 8.55. The van der Waals surface area contributed by atoms with Gasteiger partial charge in [-0.1, -0.05) is 20.8 Å². The van der Waals surface area contributed by atoms with E-state index in [1.807, 2.05) is 20.8 Å². The fourth-order valence-electron chi connectivity index (χ4n) is 3.57. The van der Waals surface area contributed by atoms with Gasteiger partial charge in [-0.15, -0.1) is 0 Å². The molecule has 1 fully saturated rings. The third kappa shape index (κ3) is 4.70. The molecule has 1 amide bonds. The fourth-order valence-corrected chi connectivity index (χ4v) is 3.57. The number of halogens is 1. The summed E-state index contributed by atoms with van der Waals surface area (Å²) in [7, 11) is 1.56. The molecule has 0 bridgehead atoms. The van der Waals surface area contributed by atoms with Crippen LogP contribution in [0.5, 0.6) is 5.75 Å². The van der Waals surface area contributed by atoms with Crippen LogP contribution in [-0.2, 0) is 12.0 Å². The normalized spacial score (nSPS) is 15.3. The lowest BCUT2D eigenvalue weighted by molar-refractivity contribution is 0.0624. The van der Waals surface area contributed by atoms with Gasteiger partial charge in [-0.2, -0.15) is 0 Å². The first-order chi connectivity index (χ1) is 14.1. The van der Waals surface area contributed by atoms with E-state index in [9.17, 15) is 14.0 Å². The first-order valence-corrected chi connectivity index (χ1v) is 10.1. The monoisotopic (exact) mass is 416 g/mol. The zero-order valence-corrected chi connectivity index (χ0v) is 18.2. The Morgan fingerprint density at radius 2 is 1.90 bits per heavy atom. The Labute approximate surface area is 175 Å². The number of hydrogen-bond donors (Lipinski definition) is 1. The lowest BCUT2D eigenvalue weighted by Gasteiger charge is -2.35. The number of aryl methyl sites for hydroxylation is 1. The van der Waals surface area contributed by atoms with Crippen molar-refractivity contribution in [1.29, 1.82) is 0 Å². The number of hydrogen-bond acceptors (Lipinski definition) is 5. The van der Waals surface area contributed by atoms with Gasteiger partial charge in [0.2, 0.25) is 0 Å². The minimum atomic E-state index is -0.399. The van der Waals surface area contributed by atoms with Crippen LogP contribution in [0.2, 0.25) is 0 Å². The highest BCUT2D eigenvalue weighted by molar-refractivity contribution is 5.94. The Balaban J connectivity index is 1.69. The number of H-pyrrole nitrogens is 1. The average molecular weight is 416 g/mol. The van der Waals surface area contributed by atoms with E-state index < -0.39 is 5.56 Å². The molecule has 0 atom stereocenters. The highest BCUT2D eigenvalue weighted by Crippen LogP contribution is 2.22. The van der Waals surface area contributed by atoms with Crippen molar-refractivity contribution in [2.75, 3.05) is 33.3 Å². The smallest absolute Gasteiger partial charge is 0.264 e. The lowest BCUT2D eigenvalue weighted by atomic mass is 9.95. The molecular weight excluding hydrogens is 387 g/mol. The molecule has 1 N–H and O–H groups in total. The molecular formula is C22H29FN4O3. The van der Waals surface area contributed by atoms with E-state index in [4.69, 9.17) is 4.74 Å². The minimum Gasteiger partial charge on any atom is -0.496 e. The Morgan fingerprint density at radius 3 is 2.47 bits per heavy atom. The van der Waals surface area contributed by atoms with Gasteiger partial charge in [-0.3, -0.25) is 14.5 Å². The van der Waals surface area contributed by atoms with Crippen LogP contribution >= 0.6 is 0 Å². The molecule has 0 spiro atoms. The number of rotatable bonds is 4. The third-order valence-corrected chi connectivity index (χ3v) is 5.32. The number of benzene rings is 1. The van der Waals surface area contributed by atoms with Crippen molar-refractivity contribution in [3.8, 4) is 5.75 Å². The fraction of sp³-hybridized carbons (Fsp3) is 0.500. The van der Waals surface area contributed by atoms with Gasteiger partial charge in [-0.05, 0) is 25.1 Å². The van der Waals surface area contributed by atoms with Gasteiger partial charge in [0.15, 0.2) is 0 Å². The van der Waals surface area contributed by atoms with Crippen LogP contribution in [0.15, 0.2) is 23.0 Å². The van der Waals surface area contributed by atoms with E-state index in [0.717, 1.165) is 5.56 Å². The Kier molecular flexibility index (Phi) is 6.26. The van der Waals surface area contributed by atoms with E-state index in [-0.39, 0.29) is 22.7 Å². The minimum absolute atomic E-state index is 0.100. The SMILES string of the molecule is COc1ccc(F)cc1CN1CCN(C(=O)c2c(C)nc(C(C)(C)C)[nH]c2=O)CC1. The third-order valence-electron chi connectivity index (χ3n) is 5.32. The molecule has 30 heavy (non-hydrogen) atoms. The van der Waals surface area contributed by atoms with Crippen LogP contribution in [0.1, 0.15) is 48.2 Å². The molecule has 1 aromatic heterocycles. The van der Waals surface area contributed by atoms with Crippen molar-refractivity contribution in [3.05, 3.63) is 57.0 Å². The van der Waals surface area contributed by atoms with Crippen LogP contribution < -0.4 is 10.3 Å². The summed E-state index contributed by atoms with van der Waals surface area (Å²) in [6.07, 6.45) is 0. The summed E-state index contributed by atoms with van der Waals surface area (Å²) >= 11 is 0. The summed E-state index contributed by atoms with van der Waals surface area (Å²) in [5.74, 6) is 0.600. The molecule has 2 aromatic rings. The van der Waals surface area contributed by atoms with Gasteiger partial charge in [0.25, 0.3) is 11.5 Å². The van der Waals surface area contributed by atoms with E-state index in [2.05, 4.69) is 14.9 Å². The highest BCUT2D eigenvalue weighted by Gasteiger charge is 2.28. The van der Waals surface area contributed by atoms with Crippen molar-refractivity contribution in [1.82, 2.24) is 19.8 Å². The number of aromatic nitrogens is 2. The second-order valence-electron chi connectivity index (χ2n) is 8.65. The molecule has 1 aromatic carbocycles. The van der Waals surface area contributed by atoms with Crippen LogP contribution in [0.4, 0.5) is 4.39 Å². The van der Waals surface area contributed by atoms with E-state index in [1.165, 1.54) is 12.1 Å². The summed E-state index contributed by atoms with van der Waals surface area (Å²) in [4.78, 5) is 36.6. The molecule has 162 valence electrons. The summed E-state index contributed by atoms with van der Waals surface area (Å²) in [5.41, 5.74) is 0.606. The maximum absolute atomic E-state index is 13.6. The predicted octanol–water partition coefficient (Wildman–Crippen LogP) is 2.48. The van der Waals surface area contributed by atoms with Crippen LogP contribution in [0, 0.1) is 12.7 Å². The Bertz CT molecular complexity index is 989. The molecule has 7 nitrogen and oxygen atoms in total. The number of nitrogens with one attached hydrogen (secondary N) is 1. The number of carbonyl (C=O) groups is 1. The molecule has 0 aliphatic carbocycles. The maximum Gasteiger partial charge on any atom is 0.264 e. The van der Waals surface area contributed by atoms with Gasteiger partial charge in [-0.25, -0.2) is 9.37 Å². The van der Waals surface area contributed by atoms with Crippen molar-refractivity contribution < 1.29 is 13.9 Å². The summed E-state index contributed by atoms with van der Waals surface area (Å²) in [6, 6.07) is 4.47. The number of ether oxygens (including phenoxy) is 1. The number of aromatic amines is 1. The first kappa shape index (κ1) is 22.0. The summed E-state index contributed by atoms with van der Waals surface area (Å²) in [5, 5.41) is 0. The Hall–Kier alpha value is -2.74. The Morgan fingerprint density at radius 1 is 1.23 bits per heavy atom. The zero-order chi connectivity index (χ0) is 22.1.